The lowest BCUT2D eigenvalue weighted by Crippen LogP contribution is -2.32. The van der Waals surface area contributed by atoms with Crippen molar-refractivity contribution in [2.24, 2.45) is 0 Å². The van der Waals surface area contributed by atoms with Gasteiger partial charge in [0.1, 0.15) is 0 Å². The molecule has 0 bridgehead atoms. The van der Waals surface area contributed by atoms with Crippen molar-refractivity contribution < 1.29 is 4.79 Å². The standard InChI is InChI=1S/C32H62NO/c1-4-6-8-9-10-11-12-13-14-15-16-17-18-19-20-21-22-23-24-25-26-27-28-30-32(34)33-31(3)29-7-5-2/h21-22,31H,3-20,23-30H2,1-2H3,(H,33,34)/b22-21-. The van der Waals surface area contributed by atoms with E-state index in [0.29, 0.717) is 6.42 Å². The Kier molecular flexibility index (Phi) is 27.8. The SMILES string of the molecule is [CH2]C(CCCC)NC(=O)CCCCCCC/C=C\CCCCCCCCCCCCCCCC. The van der Waals surface area contributed by atoms with E-state index >= 15 is 0 Å². The largest absolute Gasteiger partial charge is 0.353 e. The molecule has 0 saturated heterocycles. The van der Waals surface area contributed by atoms with Gasteiger partial charge in [-0.25, -0.2) is 0 Å². The lowest BCUT2D eigenvalue weighted by Gasteiger charge is -2.12. The molecule has 0 aliphatic heterocycles. The van der Waals surface area contributed by atoms with Gasteiger partial charge in [0.2, 0.25) is 5.91 Å². The summed E-state index contributed by atoms with van der Waals surface area (Å²) in [5, 5.41) is 3.02. The van der Waals surface area contributed by atoms with Crippen LogP contribution in [0, 0.1) is 6.92 Å². The maximum atomic E-state index is 11.9. The minimum atomic E-state index is 0.0868. The molecule has 1 N–H and O–H groups in total. The molecule has 0 aromatic heterocycles. The molecule has 1 unspecified atom stereocenters. The molecule has 0 saturated carbocycles. The summed E-state index contributed by atoms with van der Waals surface area (Å²) in [4.78, 5) is 11.9. The summed E-state index contributed by atoms with van der Waals surface area (Å²) in [6, 6.07) is 0.0868. The molecule has 2 heteroatoms. The van der Waals surface area contributed by atoms with Crippen LogP contribution in [-0.4, -0.2) is 11.9 Å². The number of nitrogens with one attached hydrogen (secondary N) is 1. The van der Waals surface area contributed by atoms with E-state index < -0.39 is 0 Å². The number of allylic oxidation sites excluding steroid dienone is 2. The molecule has 0 aliphatic rings. The number of rotatable bonds is 27. The van der Waals surface area contributed by atoms with E-state index in [9.17, 15) is 4.79 Å². The molecular weight excluding hydrogens is 414 g/mol. The topological polar surface area (TPSA) is 29.1 Å². The number of unbranched alkanes of at least 4 members (excludes halogenated alkanes) is 20. The minimum absolute atomic E-state index is 0.0868. The maximum Gasteiger partial charge on any atom is 0.220 e. The molecule has 0 aromatic carbocycles. The molecule has 0 heterocycles. The second-order valence-electron chi connectivity index (χ2n) is 10.6. The van der Waals surface area contributed by atoms with Gasteiger partial charge in [-0.15, -0.1) is 0 Å². The van der Waals surface area contributed by atoms with Crippen LogP contribution in [0.1, 0.15) is 174 Å². The fraction of sp³-hybridized carbons (Fsp3) is 0.875. The van der Waals surface area contributed by atoms with Crippen molar-refractivity contribution in [3.63, 3.8) is 0 Å². The van der Waals surface area contributed by atoms with E-state index in [1.165, 1.54) is 128 Å². The van der Waals surface area contributed by atoms with Crippen molar-refractivity contribution in [1.82, 2.24) is 5.32 Å². The Morgan fingerprint density at radius 1 is 0.588 bits per heavy atom. The summed E-state index contributed by atoms with van der Waals surface area (Å²) < 4.78 is 0. The number of hydrogen-bond acceptors (Lipinski definition) is 1. The summed E-state index contributed by atoms with van der Waals surface area (Å²) in [6.07, 6.45) is 37.4. The van der Waals surface area contributed by atoms with Gasteiger partial charge in [-0.2, -0.15) is 0 Å². The van der Waals surface area contributed by atoms with Crippen LogP contribution >= 0.6 is 0 Å². The van der Waals surface area contributed by atoms with Crippen LogP contribution in [0.25, 0.3) is 0 Å². The quantitative estimate of drug-likeness (QED) is 0.0926. The van der Waals surface area contributed by atoms with E-state index in [1.54, 1.807) is 0 Å². The van der Waals surface area contributed by atoms with Crippen LogP contribution in [0.5, 0.6) is 0 Å². The maximum absolute atomic E-state index is 11.9. The van der Waals surface area contributed by atoms with Crippen LogP contribution < -0.4 is 5.32 Å². The Morgan fingerprint density at radius 3 is 1.41 bits per heavy atom. The van der Waals surface area contributed by atoms with Gasteiger partial charge < -0.3 is 5.32 Å². The summed E-state index contributed by atoms with van der Waals surface area (Å²) in [6.45, 7) is 8.48. The normalized spacial score (nSPS) is 12.4. The van der Waals surface area contributed by atoms with Crippen LogP contribution in [0.15, 0.2) is 12.2 Å². The van der Waals surface area contributed by atoms with Crippen LogP contribution in [-0.2, 0) is 4.79 Å². The molecule has 0 aromatic rings. The molecule has 34 heavy (non-hydrogen) atoms. The van der Waals surface area contributed by atoms with E-state index in [0.717, 1.165) is 25.7 Å². The van der Waals surface area contributed by atoms with Crippen molar-refractivity contribution in [3.8, 4) is 0 Å². The molecule has 201 valence electrons. The van der Waals surface area contributed by atoms with Crippen molar-refractivity contribution in [3.05, 3.63) is 19.1 Å². The zero-order chi connectivity index (χ0) is 25.0. The van der Waals surface area contributed by atoms with Gasteiger partial charge in [0.25, 0.3) is 0 Å². The fourth-order valence-electron chi connectivity index (χ4n) is 4.59. The smallest absolute Gasteiger partial charge is 0.220 e. The first kappa shape index (κ1) is 33.2. The molecule has 0 rings (SSSR count). The number of amides is 1. The van der Waals surface area contributed by atoms with Crippen molar-refractivity contribution in [2.75, 3.05) is 0 Å². The Balaban J connectivity index is 3.21. The van der Waals surface area contributed by atoms with E-state index in [-0.39, 0.29) is 11.9 Å². The zero-order valence-electron chi connectivity index (χ0n) is 23.5. The van der Waals surface area contributed by atoms with Gasteiger partial charge in [0, 0.05) is 12.5 Å². The van der Waals surface area contributed by atoms with Crippen LogP contribution in [0.3, 0.4) is 0 Å². The molecule has 0 spiro atoms. The van der Waals surface area contributed by atoms with Crippen LogP contribution in [0.4, 0.5) is 0 Å². The molecule has 2 nitrogen and oxygen atoms in total. The third kappa shape index (κ3) is 27.5. The first-order valence-electron chi connectivity index (χ1n) is 15.5. The molecular formula is C32H62NO. The highest BCUT2D eigenvalue weighted by Gasteiger charge is 2.06. The second kappa shape index (κ2) is 28.4. The second-order valence-corrected chi connectivity index (χ2v) is 10.6. The van der Waals surface area contributed by atoms with Crippen molar-refractivity contribution in [1.29, 1.82) is 0 Å². The monoisotopic (exact) mass is 476 g/mol. The third-order valence-electron chi connectivity index (χ3n) is 6.94. The number of carbonyl (C=O) groups excluding carboxylic acids is 1. The van der Waals surface area contributed by atoms with Crippen molar-refractivity contribution >= 4 is 5.91 Å². The van der Waals surface area contributed by atoms with Crippen molar-refractivity contribution in [2.45, 2.75) is 180 Å². The van der Waals surface area contributed by atoms with Gasteiger partial charge in [-0.3, -0.25) is 4.79 Å². The van der Waals surface area contributed by atoms with Crippen LogP contribution in [0.2, 0.25) is 0 Å². The summed E-state index contributed by atoms with van der Waals surface area (Å²) >= 11 is 0. The Labute approximate surface area is 215 Å². The summed E-state index contributed by atoms with van der Waals surface area (Å²) in [7, 11) is 0. The molecule has 1 amide bonds. The molecule has 0 aliphatic carbocycles. The highest BCUT2D eigenvalue weighted by Crippen LogP contribution is 2.14. The highest BCUT2D eigenvalue weighted by atomic mass is 16.1. The van der Waals surface area contributed by atoms with Gasteiger partial charge in [0.05, 0.1) is 0 Å². The number of hydrogen-bond donors (Lipinski definition) is 1. The Bertz CT molecular complexity index is 431. The zero-order valence-corrected chi connectivity index (χ0v) is 23.5. The summed E-state index contributed by atoms with van der Waals surface area (Å²) in [5.74, 6) is 0.183. The first-order chi connectivity index (χ1) is 16.7. The van der Waals surface area contributed by atoms with E-state index in [4.69, 9.17) is 0 Å². The first-order valence-corrected chi connectivity index (χ1v) is 15.5. The van der Waals surface area contributed by atoms with E-state index in [1.807, 2.05) is 0 Å². The lowest BCUT2D eigenvalue weighted by atomic mass is 10.0. The molecule has 0 fully saturated rings. The van der Waals surface area contributed by atoms with Gasteiger partial charge >= 0.3 is 0 Å². The molecule has 1 radical (unpaired) electrons. The van der Waals surface area contributed by atoms with Gasteiger partial charge in [0.15, 0.2) is 0 Å². The van der Waals surface area contributed by atoms with E-state index in [2.05, 4.69) is 38.2 Å². The Morgan fingerprint density at radius 2 is 0.971 bits per heavy atom. The van der Waals surface area contributed by atoms with Gasteiger partial charge in [-0.1, -0.05) is 142 Å². The average molecular weight is 477 g/mol. The third-order valence-corrected chi connectivity index (χ3v) is 6.94. The average Bonchev–Trinajstić information content (AvgIpc) is 2.83. The predicted octanol–water partition coefficient (Wildman–Crippen LogP) is 10.7. The minimum Gasteiger partial charge on any atom is -0.353 e. The predicted molar refractivity (Wildman–Crippen MR) is 153 cm³/mol. The lowest BCUT2D eigenvalue weighted by molar-refractivity contribution is -0.121. The fourth-order valence-corrected chi connectivity index (χ4v) is 4.59. The number of carbonyl (C=O) groups is 1. The molecule has 1 atom stereocenters. The highest BCUT2D eigenvalue weighted by molar-refractivity contribution is 5.76. The van der Waals surface area contributed by atoms with Gasteiger partial charge in [-0.05, 0) is 45.4 Å². The summed E-state index contributed by atoms with van der Waals surface area (Å²) in [5.41, 5.74) is 0. The Hall–Kier alpha value is -0.790.